The molecule has 0 aromatic heterocycles. The second-order valence-electron chi connectivity index (χ2n) is 1.16. The zero-order chi connectivity index (χ0) is 6.57. The summed E-state index contributed by atoms with van der Waals surface area (Å²) in [6.07, 6.45) is 3.11. The number of carbonyl (C=O) groups excluding carboxylic acids is 1. The highest BCUT2D eigenvalue weighted by molar-refractivity contribution is 8.13. The molecule has 0 fully saturated rings. The Hall–Kier alpha value is 0.0500. The molecule has 0 aliphatic rings. The van der Waals surface area contributed by atoms with E-state index in [1.807, 2.05) is 0 Å². The SMILES string of the molecule is C=CC(Cl)C(=O)SC. The Labute approximate surface area is 58.1 Å². The number of hydrogen-bond donors (Lipinski definition) is 0. The van der Waals surface area contributed by atoms with Crippen LogP contribution in [0.15, 0.2) is 12.7 Å². The van der Waals surface area contributed by atoms with Crippen molar-refractivity contribution in [2.45, 2.75) is 5.38 Å². The maximum atomic E-state index is 10.5. The van der Waals surface area contributed by atoms with Gasteiger partial charge in [0.2, 0.25) is 5.12 Å². The first-order valence-electron chi connectivity index (χ1n) is 2.06. The quantitative estimate of drug-likeness (QED) is 0.440. The monoisotopic (exact) mass is 150 g/mol. The van der Waals surface area contributed by atoms with E-state index in [2.05, 4.69) is 6.58 Å². The van der Waals surface area contributed by atoms with Gasteiger partial charge in [0.15, 0.2) is 0 Å². The largest absolute Gasteiger partial charge is 0.285 e. The zero-order valence-electron chi connectivity index (χ0n) is 4.56. The van der Waals surface area contributed by atoms with Crippen molar-refractivity contribution in [1.82, 2.24) is 0 Å². The highest BCUT2D eigenvalue weighted by Gasteiger charge is 2.07. The van der Waals surface area contributed by atoms with Crippen molar-refractivity contribution < 1.29 is 4.79 Å². The molecule has 0 heterocycles. The van der Waals surface area contributed by atoms with Gasteiger partial charge >= 0.3 is 0 Å². The first kappa shape index (κ1) is 8.05. The second-order valence-corrected chi connectivity index (χ2v) is 2.44. The lowest BCUT2D eigenvalue weighted by Crippen LogP contribution is -2.04. The third-order valence-electron chi connectivity index (χ3n) is 0.633. The topological polar surface area (TPSA) is 17.1 Å². The molecule has 46 valence electrons. The Morgan fingerprint density at radius 3 is 2.62 bits per heavy atom. The fraction of sp³-hybridized carbons (Fsp3) is 0.400. The van der Waals surface area contributed by atoms with Crippen LogP contribution in [0.4, 0.5) is 0 Å². The van der Waals surface area contributed by atoms with Crippen LogP contribution in [0.25, 0.3) is 0 Å². The number of thioether (sulfide) groups is 1. The highest BCUT2D eigenvalue weighted by atomic mass is 35.5. The van der Waals surface area contributed by atoms with E-state index < -0.39 is 5.38 Å². The molecule has 0 rings (SSSR count). The summed E-state index contributed by atoms with van der Waals surface area (Å²) >= 11 is 6.54. The lowest BCUT2D eigenvalue weighted by Gasteiger charge is -1.95. The van der Waals surface area contributed by atoms with E-state index in [1.165, 1.54) is 6.08 Å². The van der Waals surface area contributed by atoms with E-state index >= 15 is 0 Å². The van der Waals surface area contributed by atoms with Crippen LogP contribution in [0.2, 0.25) is 0 Å². The smallest absolute Gasteiger partial charge is 0.210 e. The van der Waals surface area contributed by atoms with Crippen molar-refractivity contribution in [3.05, 3.63) is 12.7 Å². The van der Waals surface area contributed by atoms with Crippen molar-refractivity contribution in [2.24, 2.45) is 0 Å². The average molecular weight is 151 g/mol. The molecule has 1 atom stereocenters. The van der Waals surface area contributed by atoms with Crippen molar-refractivity contribution >= 4 is 28.5 Å². The molecule has 0 N–H and O–H groups in total. The van der Waals surface area contributed by atoms with Gasteiger partial charge in [0.1, 0.15) is 5.38 Å². The molecule has 1 nitrogen and oxygen atoms in total. The predicted octanol–water partition coefficient (Wildman–Crippen LogP) is 1.67. The van der Waals surface area contributed by atoms with Crippen LogP contribution in [0.5, 0.6) is 0 Å². The van der Waals surface area contributed by atoms with Crippen LogP contribution in [-0.4, -0.2) is 16.7 Å². The predicted molar refractivity (Wildman–Crippen MR) is 38.4 cm³/mol. The molecular formula is C5H7ClOS. The summed E-state index contributed by atoms with van der Waals surface area (Å²) in [5.41, 5.74) is 0. The third-order valence-corrected chi connectivity index (χ3v) is 1.80. The third kappa shape index (κ3) is 2.38. The molecule has 0 aromatic carbocycles. The van der Waals surface area contributed by atoms with Crippen molar-refractivity contribution in [1.29, 1.82) is 0 Å². The van der Waals surface area contributed by atoms with Crippen molar-refractivity contribution in [3.63, 3.8) is 0 Å². The first-order chi connectivity index (χ1) is 3.72. The maximum absolute atomic E-state index is 10.5. The molecular weight excluding hydrogens is 144 g/mol. The van der Waals surface area contributed by atoms with Gasteiger partial charge in [-0.1, -0.05) is 17.8 Å². The van der Waals surface area contributed by atoms with Gasteiger partial charge in [-0.3, -0.25) is 4.79 Å². The van der Waals surface area contributed by atoms with Crippen LogP contribution in [0, 0.1) is 0 Å². The van der Waals surface area contributed by atoms with Gasteiger partial charge in [0.25, 0.3) is 0 Å². The molecule has 0 spiro atoms. The van der Waals surface area contributed by atoms with Crippen LogP contribution < -0.4 is 0 Å². The van der Waals surface area contributed by atoms with E-state index in [9.17, 15) is 4.79 Å². The van der Waals surface area contributed by atoms with E-state index in [0.29, 0.717) is 0 Å². The van der Waals surface area contributed by atoms with E-state index in [1.54, 1.807) is 6.26 Å². The summed E-state index contributed by atoms with van der Waals surface area (Å²) in [6.45, 7) is 3.36. The van der Waals surface area contributed by atoms with Gasteiger partial charge in [0, 0.05) is 0 Å². The van der Waals surface area contributed by atoms with Crippen molar-refractivity contribution in [2.75, 3.05) is 6.26 Å². The Morgan fingerprint density at radius 1 is 2.00 bits per heavy atom. The zero-order valence-corrected chi connectivity index (χ0v) is 6.13. The van der Waals surface area contributed by atoms with Crippen LogP contribution >= 0.6 is 23.4 Å². The maximum Gasteiger partial charge on any atom is 0.210 e. The fourth-order valence-electron chi connectivity index (χ4n) is 0.209. The molecule has 0 aromatic rings. The first-order valence-corrected chi connectivity index (χ1v) is 3.73. The molecule has 0 amide bonds. The van der Waals surface area contributed by atoms with Gasteiger partial charge in [0.05, 0.1) is 0 Å². The lowest BCUT2D eigenvalue weighted by molar-refractivity contribution is -0.110. The molecule has 0 aliphatic carbocycles. The minimum absolute atomic E-state index is 0.0540. The van der Waals surface area contributed by atoms with Gasteiger partial charge < -0.3 is 0 Å². The van der Waals surface area contributed by atoms with E-state index in [4.69, 9.17) is 11.6 Å². The van der Waals surface area contributed by atoms with Crippen LogP contribution in [-0.2, 0) is 4.79 Å². The fourth-order valence-corrected chi connectivity index (χ4v) is 0.797. The molecule has 0 saturated carbocycles. The van der Waals surface area contributed by atoms with E-state index in [-0.39, 0.29) is 5.12 Å². The average Bonchev–Trinajstić information content (AvgIpc) is 1.84. The second kappa shape index (κ2) is 3.98. The number of alkyl halides is 1. The summed E-state index contributed by atoms with van der Waals surface area (Å²) in [5.74, 6) is 0. The molecule has 0 radical (unpaired) electrons. The number of allylic oxidation sites excluding steroid dienone is 1. The Kier molecular flexibility index (Phi) is 4.01. The molecule has 0 aliphatic heterocycles. The van der Waals surface area contributed by atoms with Crippen molar-refractivity contribution in [3.8, 4) is 0 Å². The normalized spacial score (nSPS) is 12.8. The van der Waals surface area contributed by atoms with Crippen LogP contribution in [0.1, 0.15) is 0 Å². The molecule has 0 bridgehead atoms. The van der Waals surface area contributed by atoms with Gasteiger partial charge in [-0.15, -0.1) is 18.2 Å². The summed E-state index contributed by atoms with van der Waals surface area (Å²) in [7, 11) is 0. The number of halogens is 1. The minimum atomic E-state index is -0.523. The minimum Gasteiger partial charge on any atom is -0.285 e. The number of hydrogen-bond acceptors (Lipinski definition) is 2. The summed E-state index contributed by atoms with van der Waals surface area (Å²) in [6, 6.07) is 0. The number of carbonyl (C=O) groups is 1. The Morgan fingerprint density at radius 2 is 2.50 bits per heavy atom. The molecule has 1 unspecified atom stereocenters. The Balaban J connectivity index is 3.62. The lowest BCUT2D eigenvalue weighted by atomic mass is 10.5. The highest BCUT2D eigenvalue weighted by Crippen LogP contribution is 2.06. The molecule has 8 heavy (non-hydrogen) atoms. The molecule has 3 heteroatoms. The Bertz CT molecular complexity index is 103. The standard InChI is InChI=1S/C5H7ClOS/c1-3-4(6)5(7)8-2/h3-4H,1H2,2H3. The summed E-state index contributed by atoms with van der Waals surface area (Å²) < 4.78 is 0. The van der Waals surface area contributed by atoms with Crippen LogP contribution in [0.3, 0.4) is 0 Å². The van der Waals surface area contributed by atoms with Gasteiger partial charge in [-0.25, -0.2) is 0 Å². The summed E-state index contributed by atoms with van der Waals surface area (Å²) in [5, 5.41) is -0.577. The van der Waals surface area contributed by atoms with E-state index in [0.717, 1.165) is 11.8 Å². The number of rotatable bonds is 2. The van der Waals surface area contributed by atoms with Gasteiger partial charge in [-0.05, 0) is 6.26 Å². The molecule has 0 saturated heterocycles. The van der Waals surface area contributed by atoms with Gasteiger partial charge in [-0.2, -0.15) is 0 Å². The summed E-state index contributed by atoms with van der Waals surface area (Å²) in [4.78, 5) is 10.5.